The first-order chi connectivity index (χ1) is 20.1. The summed E-state index contributed by atoms with van der Waals surface area (Å²) in [6, 6.07) is 38.5. The zero-order chi connectivity index (χ0) is 28.6. The molecule has 4 aromatic carbocycles. The minimum absolute atomic E-state index is 0.0635. The van der Waals surface area contributed by atoms with Gasteiger partial charge in [-0.05, 0) is 47.5 Å². The first-order valence-corrected chi connectivity index (χ1v) is 13.7. The van der Waals surface area contributed by atoms with Gasteiger partial charge >= 0.3 is 0 Å². The maximum atomic E-state index is 13.4. The number of carbonyl (C=O) groups excluding carboxylic acids is 2. The normalized spacial score (nSPS) is 12.3. The maximum absolute atomic E-state index is 13.4. The van der Waals surface area contributed by atoms with Crippen molar-refractivity contribution in [1.82, 2.24) is 4.98 Å². The Balaban J connectivity index is 1.50. The maximum Gasteiger partial charge on any atom is 0.163 e. The summed E-state index contributed by atoms with van der Waals surface area (Å²) >= 11 is 0. The minimum Gasteiger partial charge on any atom is -0.497 e. The van der Waals surface area contributed by atoms with Gasteiger partial charge in [-0.25, -0.2) is 0 Å². The van der Waals surface area contributed by atoms with Crippen molar-refractivity contribution >= 4 is 11.6 Å². The van der Waals surface area contributed by atoms with Crippen molar-refractivity contribution in [3.05, 3.63) is 155 Å². The van der Waals surface area contributed by atoms with E-state index >= 15 is 0 Å². The van der Waals surface area contributed by atoms with Crippen LogP contribution in [0, 0.1) is 0 Å². The molecular weight excluding hydrogens is 510 g/mol. The van der Waals surface area contributed by atoms with Gasteiger partial charge in [0.2, 0.25) is 0 Å². The van der Waals surface area contributed by atoms with Crippen molar-refractivity contribution < 1.29 is 19.1 Å². The summed E-state index contributed by atoms with van der Waals surface area (Å²) in [6.45, 7) is 0. The summed E-state index contributed by atoms with van der Waals surface area (Å²) in [5.41, 5.74) is 5.21. The Morgan fingerprint density at radius 1 is 0.537 bits per heavy atom. The van der Waals surface area contributed by atoms with Gasteiger partial charge in [0, 0.05) is 47.2 Å². The first kappa shape index (κ1) is 27.7. The molecule has 0 aliphatic heterocycles. The lowest BCUT2D eigenvalue weighted by Crippen LogP contribution is -2.12. The van der Waals surface area contributed by atoms with Gasteiger partial charge in [-0.2, -0.15) is 0 Å². The monoisotopic (exact) mass is 543 g/mol. The Kier molecular flexibility index (Phi) is 8.75. The zero-order valence-corrected chi connectivity index (χ0v) is 23.2. The number of benzene rings is 4. The molecule has 1 heterocycles. The number of Topliss-reactive ketones (excluding diaryl/α,β-unsaturated/α-hetero) is 2. The summed E-state index contributed by atoms with van der Waals surface area (Å²) in [6.07, 6.45) is 0.596. The van der Waals surface area contributed by atoms with E-state index in [9.17, 15) is 9.59 Å². The van der Waals surface area contributed by atoms with Crippen molar-refractivity contribution in [3.8, 4) is 11.5 Å². The van der Waals surface area contributed by atoms with Gasteiger partial charge in [0.05, 0.1) is 14.2 Å². The lowest BCUT2D eigenvalue weighted by atomic mass is 9.89. The summed E-state index contributed by atoms with van der Waals surface area (Å²) in [5.74, 6) is 1.23. The highest BCUT2D eigenvalue weighted by atomic mass is 16.5. The summed E-state index contributed by atoms with van der Waals surface area (Å²) in [7, 11) is 3.28. The Labute approximate surface area is 240 Å². The number of aromatic nitrogens is 1. The second kappa shape index (κ2) is 13.0. The van der Waals surface area contributed by atoms with Crippen LogP contribution in [0.2, 0.25) is 0 Å². The molecule has 0 spiro atoms. The van der Waals surface area contributed by atoms with E-state index < -0.39 is 0 Å². The Morgan fingerprint density at radius 2 is 0.902 bits per heavy atom. The molecule has 0 fully saturated rings. The van der Waals surface area contributed by atoms with Crippen molar-refractivity contribution in [2.75, 3.05) is 14.2 Å². The number of aromatic amines is 1. The zero-order valence-electron chi connectivity index (χ0n) is 23.2. The fourth-order valence-corrected chi connectivity index (χ4v) is 5.18. The Hall–Kier alpha value is -4.90. The SMILES string of the molecule is COc1ccc(C(CC(=O)c2ccccc2)c2ccc(C(CC(=O)c3ccccc3)c3ccc(OC)cc3)[nH]2)cc1. The fraction of sp³-hybridized carbons (Fsp3) is 0.167. The molecule has 0 aliphatic rings. The molecular formula is C36H33NO4. The van der Waals surface area contributed by atoms with Crippen LogP contribution in [0.25, 0.3) is 0 Å². The van der Waals surface area contributed by atoms with Crippen molar-refractivity contribution in [1.29, 1.82) is 0 Å². The predicted octanol–water partition coefficient (Wildman–Crippen LogP) is 7.84. The molecule has 0 bridgehead atoms. The van der Waals surface area contributed by atoms with E-state index in [-0.39, 0.29) is 23.4 Å². The third-order valence-corrected chi connectivity index (χ3v) is 7.49. The average molecular weight is 544 g/mol. The second-order valence-corrected chi connectivity index (χ2v) is 10.0. The molecule has 5 nitrogen and oxygen atoms in total. The van der Waals surface area contributed by atoms with Gasteiger partial charge in [-0.15, -0.1) is 0 Å². The average Bonchev–Trinajstić information content (AvgIpc) is 3.53. The Morgan fingerprint density at radius 3 is 1.24 bits per heavy atom. The standard InChI is InChI=1S/C36H33NO4/c1-40-29-17-13-25(14-18-29)31(23-35(38)27-9-5-3-6-10-27)33-21-22-34(37-33)32(26-15-19-30(41-2)20-16-26)24-36(39)28-11-7-4-8-12-28/h3-22,31-32,37H,23-24H2,1-2H3. The third kappa shape index (κ3) is 6.64. The first-order valence-electron chi connectivity index (χ1n) is 13.7. The largest absolute Gasteiger partial charge is 0.497 e. The van der Waals surface area contributed by atoms with Crippen molar-refractivity contribution in [2.45, 2.75) is 24.7 Å². The van der Waals surface area contributed by atoms with Crippen LogP contribution in [0.5, 0.6) is 11.5 Å². The van der Waals surface area contributed by atoms with Gasteiger partial charge in [-0.3, -0.25) is 9.59 Å². The topological polar surface area (TPSA) is 68.4 Å². The summed E-state index contributed by atoms with van der Waals surface area (Å²) in [5, 5.41) is 0. The summed E-state index contributed by atoms with van der Waals surface area (Å²) < 4.78 is 10.7. The highest BCUT2D eigenvalue weighted by Crippen LogP contribution is 2.35. The molecule has 2 unspecified atom stereocenters. The lowest BCUT2D eigenvalue weighted by molar-refractivity contribution is 0.0970. The predicted molar refractivity (Wildman–Crippen MR) is 161 cm³/mol. The van der Waals surface area contributed by atoms with E-state index in [1.54, 1.807) is 14.2 Å². The van der Waals surface area contributed by atoms with Gasteiger partial charge in [-0.1, -0.05) is 84.9 Å². The number of hydrogen-bond acceptors (Lipinski definition) is 4. The molecule has 5 heteroatoms. The van der Waals surface area contributed by atoms with Crippen molar-refractivity contribution in [3.63, 3.8) is 0 Å². The van der Waals surface area contributed by atoms with Crippen LogP contribution in [0.4, 0.5) is 0 Å². The third-order valence-electron chi connectivity index (χ3n) is 7.49. The van der Waals surface area contributed by atoms with Gasteiger partial charge in [0.25, 0.3) is 0 Å². The second-order valence-electron chi connectivity index (χ2n) is 10.0. The number of ketones is 2. The number of methoxy groups -OCH3 is 2. The van der Waals surface area contributed by atoms with Crippen LogP contribution in [-0.4, -0.2) is 30.8 Å². The molecule has 0 aliphatic carbocycles. The van der Waals surface area contributed by atoms with Crippen LogP contribution < -0.4 is 9.47 Å². The quantitative estimate of drug-likeness (QED) is 0.163. The van der Waals surface area contributed by atoms with Crippen LogP contribution in [-0.2, 0) is 0 Å². The van der Waals surface area contributed by atoms with E-state index in [2.05, 4.69) is 4.98 Å². The van der Waals surface area contributed by atoms with Crippen LogP contribution >= 0.6 is 0 Å². The molecule has 0 saturated heterocycles. The molecule has 1 N–H and O–H groups in total. The van der Waals surface area contributed by atoms with Crippen LogP contribution in [0.3, 0.4) is 0 Å². The highest BCUT2D eigenvalue weighted by molar-refractivity contribution is 5.97. The summed E-state index contributed by atoms with van der Waals surface area (Å²) in [4.78, 5) is 30.3. The molecule has 0 radical (unpaired) electrons. The van der Waals surface area contributed by atoms with E-state index in [0.29, 0.717) is 24.0 Å². The molecule has 206 valence electrons. The molecule has 2 atom stereocenters. The number of hydrogen-bond donors (Lipinski definition) is 1. The molecule has 0 amide bonds. The van der Waals surface area contributed by atoms with E-state index in [1.807, 2.05) is 121 Å². The number of rotatable bonds is 12. The molecule has 41 heavy (non-hydrogen) atoms. The smallest absolute Gasteiger partial charge is 0.163 e. The molecule has 5 aromatic rings. The van der Waals surface area contributed by atoms with Gasteiger partial charge in [0.1, 0.15) is 11.5 Å². The number of H-pyrrole nitrogens is 1. The van der Waals surface area contributed by atoms with Gasteiger partial charge < -0.3 is 14.5 Å². The Bertz CT molecular complexity index is 1450. The molecule has 1 aromatic heterocycles. The number of ether oxygens (including phenoxy) is 2. The lowest BCUT2D eigenvalue weighted by Gasteiger charge is -2.19. The van der Waals surface area contributed by atoms with E-state index in [0.717, 1.165) is 34.0 Å². The number of carbonyl (C=O) groups is 2. The minimum atomic E-state index is -0.205. The van der Waals surface area contributed by atoms with Crippen LogP contribution in [0.1, 0.15) is 67.9 Å². The van der Waals surface area contributed by atoms with Crippen LogP contribution in [0.15, 0.2) is 121 Å². The van der Waals surface area contributed by atoms with Gasteiger partial charge in [0.15, 0.2) is 11.6 Å². The van der Waals surface area contributed by atoms with Crippen molar-refractivity contribution in [2.24, 2.45) is 0 Å². The number of nitrogens with one attached hydrogen (secondary N) is 1. The highest BCUT2D eigenvalue weighted by Gasteiger charge is 2.25. The fourth-order valence-electron chi connectivity index (χ4n) is 5.18. The molecule has 0 saturated carbocycles. The van der Waals surface area contributed by atoms with E-state index in [4.69, 9.17) is 9.47 Å². The molecule has 5 rings (SSSR count). The van der Waals surface area contributed by atoms with E-state index in [1.165, 1.54) is 0 Å².